The Morgan fingerprint density at radius 1 is 1.00 bits per heavy atom. The van der Waals surface area contributed by atoms with Crippen LogP contribution >= 0.6 is 0 Å². The molecule has 2 saturated heterocycles. The molecule has 9 heteroatoms. The van der Waals surface area contributed by atoms with Crippen molar-refractivity contribution < 1.29 is 43.2 Å². The van der Waals surface area contributed by atoms with Crippen molar-refractivity contribution in [2.45, 2.75) is 148 Å². The first-order valence-corrected chi connectivity index (χ1v) is 17.5. The van der Waals surface area contributed by atoms with Gasteiger partial charge in [-0.05, 0) is 76.0 Å². The number of aliphatic carboxylic acids is 1. The average Bonchev–Trinajstić information content (AvgIpc) is 3.32. The standard InChI is InChI=1S/C36H58O9/c1-4-5-22-36(2,3)31(45-35-17-11-14-25-43-35)19-18-28-27(29(37)26-30(28)44-34-16-10-13-24-42-34)15-9-7-6-8-12-23-41-33(40)21-20-32(38)39/h7,9,18-19,27-28,30-31,34-35H,4-6,8,10-17,20-26H2,1-3H3,(H,38,39)/b9-7-,19-18+/t27-,28-,30-,31-,34?,35?/m1/s1. The fourth-order valence-corrected chi connectivity index (χ4v) is 6.33. The second-order valence-electron chi connectivity index (χ2n) is 13.5. The molecule has 0 bridgehead atoms. The van der Waals surface area contributed by atoms with Crippen LogP contribution in [0.15, 0.2) is 24.3 Å². The summed E-state index contributed by atoms with van der Waals surface area (Å²) in [5.41, 5.74) is -0.0846. The quantitative estimate of drug-likeness (QED) is 0.0835. The van der Waals surface area contributed by atoms with Gasteiger partial charge in [0.1, 0.15) is 5.78 Å². The zero-order valence-electron chi connectivity index (χ0n) is 27.9. The Hall–Kier alpha value is -2.07. The lowest BCUT2D eigenvalue weighted by Gasteiger charge is -2.36. The van der Waals surface area contributed by atoms with Crippen LogP contribution in [0.4, 0.5) is 0 Å². The molecule has 1 saturated carbocycles. The van der Waals surface area contributed by atoms with Crippen molar-refractivity contribution >= 4 is 17.7 Å². The van der Waals surface area contributed by atoms with Crippen molar-refractivity contribution in [2.75, 3.05) is 19.8 Å². The van der Waals surface area contributed by atoms with Crippen LogP contribution in [0, 0.1) is 17.3 Å². The highest BCUT2D eigenvalue weighted by atomic mass is 16.7. The molecule has 2 aliphatic heterocycles. The molecule has 2 unspecified atom stereocenters. The molecule has 0 aromatic heterocycles. The fourth-order valence-electron chi connectivity index (χ4n) is 6.33. The SMILES string of the molecule is CCCCC(C)(C)[C@@H](/C=C/[C@H]1[C@H](OC2CCCCO2)CC(=O)[C@@H]1C/C=C\CCCCOC(=O)CCC(=O)O)OC1CCCCO1. The third-order valence-corrected chi connectivity index (χ3v) is 9.19. The van der Waals surface area contributed by atoms with Gasteiger partial charge in [0.15, 0.2) is 12.6 Å². The van der Waals surface area contributed by atoms with Crippen LogP contribution in [0.2, 0.25) is 0 Å². The van der Waals surface area contributed by atoms with Crippen LogP contribution in [-0.4, -0.2) is 67.4 Å². The summed E-state index contributed by atoms with van der Waals surface area (Å²) in [6.07, 6.45) is 20.2. The normalized spacial score (nSPS) is 26.9. The summed E-state index contributed by atoms with van der Waals surface area (Å²) in [7, 11) is 0. The lowest BCUT2D eigenvalue weighted by atomic mass is 9.80. The molecule has 256 valence electrons. The molecule has 0 amide bonds. The maximum absolute atomic E-state index is 13.4. The summed E-state index contributed by atoms with van der Waals surface area (Å²) in [6, 6.07) is 0. The number of rotatable bonds is 20. The van der Waals surface area contributed by atoms with E-state index in [9.17, 15) is 14.4 Å². The van der Waals surface area contributed by atoms with Gasteiger partial charge in [-0.25, -0.2) is 0 Å². The second kappa shape index (κ2) is 20.2. The molecule has 9 nitrogen and oxygen atoms in total. The third kappa shape index (κ3) is 13.7. The van der Waals surface area contributed by atoms with Gasteiger partial charge in [-0.1, -0.05) is 57.9 Å². The number of unbranched alkanes of at least 4 members (excludes halogenated alkanes) is 3. The van der Waals surface area contributed by atoms with E-state index in [0.717, 1.165) is 77.2 Å². The number of hydrogen-bond acceptors (Lipinski definition) is 8. The van der Waals surface area contributed by atoms with E-state index in [2.05, 4.69) is 45.1 Å². The highest BCUT2D eigenvalue weighted by Gasteiger charge is 2.43. The zero-order chi connectivity index (χ0) is 32.5. The van der Waals surface area contributed by atoms with Gasteiger partial charge in [0.2, 0.25) is 0 Å². The van der Waals surface area contributed by atoms with E-state index < -0.39 is 11.9 Å². The summed E-state index contributed by atoms with van der Waals surface area (Å²) >= 11 is 0. The second-order valence-corrected chi connectivity index (χ2v) is 13.5. The Bertz CT molecular complexity index is 946. The number of carbonyl (C=O) groups is 3. The largest absolute Gasteiger partial charge is 0.481 e. The summed E-state index contributed by atoms with van der Waals surface area (Å²) < 4.78 is 30.0. The molecule has 3 fully saturated rings. The highest BCUT2D eigenvalue weighted by Crippen LogP contribution is 2.39. The van der Waals surface area contributed by atoms with Crippen LogP contribution < -0.4 is 0 Å². The number of carboxylic acids is 1. The van der Waals surface area contributed by atoms with Gasteiger partial charge >= 0.3 is 11.9 Å². The topological polar surface area (TPSA) is 118 Å². The van der Waals surface area contributed by atoms with Crippen molar-refractivity contribution in [2.24, 2.45) is 17.3 Å². The summed E-state index contributed by atoms with van der Waals surface area (Å²) in [4.78, 5) is 35.5. The van der Waals surface area contributed by atoms with Gasteiger partial charge in [0.25, 0.3) is 0 Å². The third-order valence-electron chi connectivity index (χ3n) is 9.19. The number of allylic oxidation sites excluding steroid dienone is 2. The van der Waals surface area contributed by atoms with E-state index in [1.54, 1.807) is 0 Å². The van der Waals surface area contributed by atoms with Crippen molar-refractivity contribution in [3.63, 3.8) is 0 Å². The number of ether oxygens (including phenoxy) is 5. The van der Waals surface area contributed by atoms with E-state index in [1.165, 1.54) is 0 Å². The Balaban J connectivity index is 1.63. The minimum absolute atomic E-state index is 0.0711. The maximum Gasteiger partial charge on any atom is 0.306 e. The number of esters is 1. The number of Topliss-reactive ketones (excluding diaryl/α,β-unsaturated/α-hetero) is 1. The molecule has 0 radical (unpaired) electrons. The fraction of sp³-hybridized carbons (Fsp3) is 0.806. The maximum atomic E-state index is 13.4. The predicted molar refractivity (Wildman–Crippen MR) is 171 cm³/mol. The molecular weight excluding hydrogens is 576 g/mol. The number of ketones is 1. The molecule has 1 aliphatic carbocycles. The van der Waals surface area contributed by atoms with Crippen LogP contribution in [0.5, 0.6) is 0 Å². The van der Waals surface area contributed by atoms with Gasteiger partial charge in [0, 0.05) is 31.5 Å². The first-order chi connectivity index (χ1) is 21.7. The van der Waals surface area contributed by atoms with Crippen molar-refractivity contribution in [3.8, 4) is 0 Å². The number of carbonyl (C=O) groups excluding carboxylic acids is 2. The van der Waals surface area contributed by atoms with Gasteiger partial charge in [-0.3, -0.25) is 14.4 Å². The van der Waals surface area contributed by atoms with Crippen LogP contribution in [0.25, 0.3) is 0 Å². The summed E-state index contributed by atoms with van der Waals surface area (Å²) in [5, 5.41) is 8.67. The van der Waals surface area contributed by atoms with Gasteiger partial charge in [-0.2, -0.15) is 0 Å². The van der Waals surface area contributed by atoms with Crippen LogP contribution in [-0.2, 0) is 38.1 Å². The molecule has 0 aromatic carbocycles. The number of carboxylic acid groups (broad SMARTS) is 1. The smallest absolute Gasteiger partial charge is 0.306 e. The van der Waals surface area contributed by atoms with Crippen molar-refractivity contribution in [3.05, 3.63) is 24.3 Å². The molecule has 0 aromatic rings. The molecule has 0 spiro atoms. The van der Waals surface area contributed by atoms with Crippen LogP contribution in [0.3, 0.4) is 0 Å². The molecule has 6 atom stereocenters. The van der Waals surface area contributed by atoms with Crippen LogP contribution in [0.1, 0.15) is 124 Å². The Morgan fingerprint density at radius 2 is 1.73 bits per heavy atom. The number of hydrogen-bond donors (Lipinski definition) is 1. The Morgan fingerprint density at radius 3 is 2.40 bits per heavy atom. The van der Waals surface area contributed by atoms with Gasteiger partial charge < -0.3 is 28.8 Å². The Labute approximate surface area is 270 Å². The summed E-state index contributed by atoms with van der Waals surface area (Å²) in [6.45, 7) is 8.46. The van der Waals surface area contributed by atoms with E-state index in [4.69, 9.17) is 28.8 Å². The zero-order valence-corrected chi connectivity index (χ0v) is 27.9. The molecular formula is C36H58O9. The first kappa shape index (κ1) is 37.4. The van der Waals surface area contributed by atoms with E-state index in [0.29, 0.717) is 25.9 Å². The molecule has 1 N–H and O–H groups in total. The van der Waals surface area contributed by atoms with Crippen molar-refractivity contribution in [1.82, 2.24) is 0 Å². The lowest BCUT2D eigenvalue weighted by Crippen LogP contribution is -2.37. The molecule has 3 aliphatic rings. The average molecular weight is 635 g/mol. The predicted octanol–water partition coefficient (Wildman–Crippen LogP) is 7.31. The Kier molecular flexibility index (Phi) is 16.8. The molecule has 45 heavy (non-hydrogen) atoms. The summed E-state index contributed by atoms with van der Waals surface area (Å²) in [5.74, 6) is -1.50. The lowest BCUT2D eigenvalue weighted by molar-refractivity contribution is -0.198. The van der Waals surface area contributed by atoms with Crippen molar-refractivity contribution in [1.29, 1.82) is 0 Å². The van der Waals surface area contributed by atoms with E-state index in [-0.39, 0.29) is 67.3 Å². The van der Waals surface area contributed by atoms with Gasteiger partial charge in [0.05, 0.1) is 31.7 Å². The van der Waals surface area contributed by atoms with Gasteiger partial charge in [-0.15, -0.1) is 0 Å². The monoisotopic (exact) mass is 634 g/mol. The van der Waals surface area contributed by atoms with E-state index in [1.807, 2.05) is 0 Å². The minimum Gasteiger partial charge on any atom is -0.481 e. The first-order valence-electron chi connectivity index (χ1n) is 17.5. The highest BCUT2D eigenvalue weighted by molar-refractivity contribution is 5.85. The molecule has 2 heterocycles. The van der Waals surface area contributed by atoms with E-state index >= 15 is 0 Å². The molecule has 3 rings (SSSR count). The minimum atomic E-state index is -1.01.